The molecule has 0 saturated heterocycles. The van der Waals surface area contributed by atoms with Crippen molar-refractivity contribution in [3.8, 4) is 5.75 Å². The van der Waals surface area contributed by atoms with Gasteiger partial charge in [0.05, 0.1) is 13.0 Å². The summed E-state index contributed by atoms with van der Waals surface area (Å²) in [5.41, 5.74) is 1.30. The molecule has 0 aromatic heterocycles. The first-order valence-electron chi connectivity index (χ1n) is 10.2. The lowest BCUT2D eigenvalue weighted by Gasteiger charge is -2.13. The fraction of sp³-hybridized carbons (Fsp3) is 0.240. The summed E-state index contributed by atoms with van der Waals surface area (Å²) in [6.07, 6.45) is -0.810. The zero-order valence-corrected chi connectivity index (χ0v) is 17.6. The minimum Gasteiger partial charge on any atom is -0.494 e. The number of rotatable bonds is 9. The van der Waals surface area contributed by atoms with Crippen molar-refractivity contribution < 1.29 is 23.9 Å². The molecule has 3 rings (SSSR count). The summed E-state index contributed by atoms with van der Waals surface area (Å²) >= 11 is 0. The molecular weight excluding hydrogens is 394 g/mol. The molecule has 3 aromatic carbocycles. The zero-order valence-electron chi connectivity index (χ0n) is 17.6. The number of carbonyl (C=O) groups excluding carboxylic acids is 3. The highest BCUT2D eigenvalue weighted by Crippen LogP contribution is 2.19. The summed E-state index contributed by atoms with van der Waals surface area (Å²) in [5.74, 6) is -0.618. The molecule has 6 heteroatoms. The van der Waals surface area contributed by atoms with Gasteiger partial charge in [-0.25, -0.2) is 0 Å². The Bertz CT molecular complexity index is 1070. The Kier molecular flexibility index (Phi) is 7.38. The largest absolute Gasteiger partial charge is 0.494 e. The Labute approximate surface area is 181 Å². The Morgan fingerprint density at radius 1 is 0.935 bits per heavy atom. The van der Waals surface area contributed by atoms with Gasteiger partial charge < -0.3 is 14.8 Å². The van der Waals surface area contributed by atoms with Crippen LogP contribution in [0.15, 0.2) is 66.7 Å². The van der Waals surface area contributed by atoms with Gasteiger partial charge in [0.25, 0.3) is 0 Å². The Morgan fingerprint density at radius 2 is 1.65 bits per heavy atom. The average Bonchev–Trinajstić information content (AvgIpc) is 2.78. The highest BCUT2D eigenvalue weighted by atomic mass is 16.5. The van der Waals surface area contributed by atoms with Crippen LogP contribution in [0.25, 0.3) is 10.8 Å². The summed E-state index contributed by atoms with van der Waals surface area (Å²) in [4.78, 5) is 36.8. The van der Waals surface area contributed by atoms with Crippen LogP contribution in [0.1, 0.15) is 29.8 Å². The first-order valence-corrected chi connectivity index (χ1v) is 10.2. The third-order valence-corrected chi connectivity index (χ3v) is 4.79. The Balaban J connectivity index is 1.49. The average molecular weight is 419 g/mol. The second-order valence-electron chi connectivity index (χ2n) is 7.05. The van der Waals surface area contributed by atoms with Gasteiger partial charge in [0, 0.05) is 5.56 Å². The minimum atomic E-state index is -0.958. The van der Waals surface area contributed by atoms with Crippen LogP contribution in [0.2, 0.25) is 0 Å². The second kappa shape index (κ2) is 10.4. The monoisotopic (exact) mass is 419 g/mol. The van der Waals surface area contributed by atoms with E-state index < -0.39 is 12.1 Å². The van der Waals surface area contributed by atoms with Crippen LogP contribution in [0.3, 0.4) is 0 Å². The highest BCUT2D eigenvalue weighted by molar-refractivity contribution is 6.00. The molecule has 0 saturated carbocycles. The zero-order chi connectivity index (χ0) is 22.2. The van der Waals surface area contributed by atoms with Crippen molar-refractivity contribution in [2.24, 2.45) is 0 Å². The molecule has 160 valence electrons. The SMILES string of the molecule is CCOc1ccc(C(=O)[C@@H](C)OC(=O)CNC(=O)Cc2cccc3ccccc23)cc1. The number of carbonyl (C=O) groups is 3. The van der Waals surface area contributed by atoms with Crippen LogP contribution in [0.5, 0.6) is 5.75 Å². The maximum absolute atomic E-state index is 12.4. The summed E-state index contributed by atoms with van der Waals surface area (Å²) < 4.78 is 10.5. The number of esters is 1. The van der Waals surface area contributed by atoms with Crippen LogP contribution in [0, 0.1) is 0 Å². The molecule has 0 heterocycles. The van der Waals surface area contributed by atoms with Gasteiger partial charge in [-0.15, -0.1) is 0 Å². The van der Waals surface area contributed by atoms with Crippen LogP contribution >= 0.6 is 0 Å². The van der Waals surface area contributed by atoms with Crippen LogP contribution in [-0.2, 0) is 20.7 Å². The normalized spacial score (nSPS) is 11.5. The summed E-state index contributed by atoms with van der Waals surface area (Å²) in [7, 11) is 0. The fourth-order valence-electron chi connectivity index (χ4n) is 3.26. The standard InChI is InChI=1S/C25H25NO5/c1-3-30-21-13-11-19(12-14-21)25(29)17(2)31-24(28)16-26-23(27)15-20-9-6-8-18-7-4-5-10-22(18)20/h4-14,17H,3,15-16H2,1-2H3,(H,26,27)/t17-/m1/s1. The molecular formula is C25H25NO5. The number of fused-ring (bicyclic) bond motifs is 1. The highest BCUT2D eigenvalue weighted by Gasteiger charge is 2.20. The lowest BCUT2D eigenvalue weighted by molar-refractivity contribution is -0.146. The van der Waals surface area contributed by atoms with Gasteiger partial charge in [-0.05, 0) is 54.4 Å². The van der Waals surface area contributed by atoms with Crippen molar-refractivity contribution in [1.29, 1.82) is 0 Å². The third kappa shape index (κ3) is 5.92. The number of hydrogen-bond acceptors (Lipinski definition) is 5. The fourth-order valence-corrected chi connectivity index (χ4v) is 3.26. The van der Waals surface area contributed by atoms with Crippen molar-refractivity contribution in [2.75, 3.05) is 13.2 Å². The van der Waals surface area contributed by atoms with E-state index in [-0.39, 0.29) is 24.7 Å². The molecule has 0 fully saturated rings. The van der Waals surface area contributed by atoms with Crippen LogP contribution < -0.4 is 10.1 Å². The molecule has 0 unspecified atom stereocenters. The van der Waals surface area contributed by atoms with Crippen molar-refractivity contribution in [3.63, 3.8) is 0 Å². The quantitative estimate of drug-likeness (QED) is 0.422. The van der Waals surface area contributed by atoms with E-state index in [0.29, 0.717) is 17.9 Å². The van der Waals surface area contributed by atoms with E-state index in [0.717, 1.165) is 16.3 Å². The lowest BCUT2D eigenvalue weighted by atomic mass is 10.0. The molecule has 0 aliphatic carbocycles. The number of ketones is 1. The van der Waals surface area contributed by atoms with Gasteiger partial charge in [-0.1, -0.05) is 42.5 Å². The Morgan fingerprint density at radius 3 is 2.39 bits per heavy atom. The van der Waals surface area contributed by atoms with E-state index in [2.05, 4.69) is 5.32 Å². The lowest BCUT2D eigenvalue weighted by Crippen LogP contribution is -2.34. The van der Waals surface area contributed by atoms with Gasteiger partial charge in [0.15, 0.2) is 6.10 Å². The predicted octanol–water partition coefficient (Wildman–Crippen LogP) is 3.71. The molecule has 0 aliphatic rings. The van der Waals surface area contributed by atoms with Gasteiger partial charge in [-0.2, -0.15) is 0 Å². The number of amides is 1. The van der Waals surface area contributed by atoms with E-state index in [1.54, 1.807) is 24.3 Å². The molecule has 0 aliphatic heterocycles. The first kappa shape index (κ1) is 22.0. The third-order valence-electron chi connectivity index (χ3n) is 4.79. The summed E-state index contributed by atoms with van der Waals surface area (Å²) in [6.45, 7) is 3.62. The maximum atomic E-state index is 12.4. The topological polar surface area (TPSA) is 81.7 Å². The van der Waals surface area contributed by atoms with Crippen molar-refractivity contribution in [3.05, 3.63) is 77.9 Å². The van der Waals surface area contributed by atoms with Crippen molar-refractivity contribution in [2.45, 2.75) is 26.4 Å². The first-order chi connectivity index (χ1) is 15.0. The summed E-state index contributed by atoms with van der Waals surface area (Å²) in [5, 5.41) is 4.61. The number of ether oxygens (including phenoxy) is 2. The molecule has 0 spiro atoms. The number of Topliss-reactive ketones (excluding diaryl/α,β-unsaturated/α-hetero) is 1. The van der Waals surface area contributed by atoms with Gasteiger partial charge in [0.1, 0.15) is 12.3 Å². The predicted molar refractivity (Wildman–Crippen MR) is 118 cm³/mol. The van der Waals surface area contributed by atoms with E-state index >= 15 is 0 Å². The number of nitrogens with one attached hydrogen (secondary N) is 1. The van der Waals surface area contributed by atoms with Gasteiger partial charge >= 0.3 is 5.97 Å². The molecule has 6 nitrogen and oxygen atoms in total. The number of benzene rings is 3. The van der Waals surface area contributed by atoms with E-state index in [1.165, 1.54) is 6.92 Å². The minimum absolute atomic E-state index is 0.148. The van der Waals surface area contributed by atoms with Crippen molar-refractivity contribution >= 4 is 28.4 Å². The van der Waals surface area contributed by atoms with Gasteiger partial charge in [0.2, 0.25) is 11.7 Å². The molecule has 0 radical (unpaired) electrons. The van der Waals surface area contributed by atoms with Gasteiger partial charge in [-0.3, -0.25) is 14.4 Å². The maximum Gasteiger partial charge on any atom is 0.326 e. The molecule has 31 heavy (non-hydrogen) atoms. The molecule has 1 amide bonds. The summed E-state index contributed by atoms with van der Waals surface area (Å²) in [6, 6.07) is 20.2. The van der Waals surface area contributed by atoms with E-state index in [9.17, 15) is 14.4 Å². The Hall–Kier alpha value is -3.67. The second-order valence-corrected chi connectivity index (χ2v) is 7.05. The molecule has 1 atom stereocenters. The van der Waals surface area contributed by atoms with Crippen molar-refractivity contribution in [1.82, 2.24) is 5.32 Å². The molecule has 0 bridgehead atoms. The number of hydrogen-bond donors (Lipinski definition) is 1. The smallest absolute Gasteiger partial charge is 0.326 e. The van der Waals surface area contributed by atoms with Crippen LogP contribution in [0.4, 0.5) is 0 Å². The molecule has 3 aromatic rings. The molecule has 1 N–H and O–H groups in total. The van der Waals surface area contributed by atoms with E-state index in [1.807, 2.05) is 49.4 Å². The van der Waals surface area contributed by atoms with E-state index in [4.69, 9.17) is 9.47 Å². The van der Waals surface area contributed by atoms with Crippen LogP contribution in [-0.4, -0.2) is 36.9 Å².